The lowest BCUT2D eigenvalue weighted by atomic mass is 9.60. The first-order valence-corrected chi connectivity index (χ1v) is 9.31. The van der Waals surface area contributed by atoms with Crippen molar-refractivity contribution in [3.63, 3.8) is 0 Å². The standard InChI is InChI=1S/C21H32O/c1-15(2)21-13-5-8-18(19(21)9-6-14-21)12-11-17-7-4-10-20(22)16(17)3/h11-12,15,19-20,22H,3-10,13-14H2,1-2H3/b17-11-,18-12+. The summed E-state index contributed by atoms with van der Waals surface area (Å²) >= 11 is 0. The summed E-state index contributed by atoms with van der Waals surface area (Å²) in [6.45, 7) is 8.96. The Balaban J connectivity index is 1.83. The van der Waals surface area contributed by atoms with E-state index >= 15 is 0 Å². The van der Waals surface area contributed by atoms with Crippen molar-refractivity contribution in [2.75, 3.05) is 0 Å². The maximum Gasteiger partial charge on any atom is 0.0787 e. The van der Waals surface area contributed by atoms with Crippen molar-refractivity contribution < 1.29 is 5.11 Å². The van der Waals surface area contributed by atoms with Crippen LogP contribution in [0.5, 0.6) is 0 Å². The number of aliphatic hydroxyl groups excluding tert-OH is 1. The van der Waals surface area contributed by atoms with Gasteiger partial charge in [-0.05, 0) is 79.8 Å². The normalized spacial score (nSPS) is 39.7. The quantitative estimate of drug-likeness (QED) is 0.707. The van der Waals surface area contributed by atoms with Crippen molar-refractivity contribution in [1.82, 2.24) is 0 Å². The molecule has 0 radical (unpaired) electrons. The van der Waals surface area contributed by atoms with E-state index in [4.69, 9.17) is 0 Å². The molecule has 0 bridgehead atoms. The van der Waals surface area contributed by atoms with Gasteiger partial charge in [-0.1, -0.05) is 44.6 Å². The number of hydrogen-bond acceptors (Lipinski definition) is 1. The molecule has 0 aromatic carbocycles. The minimum absolute atomic E-state index is 0.314. The number of hydrogen-bond donors (Lipinski definition) is 1. The maximum atomic E-state index is 9.99. The largest absolute Gasteiger partial charge is 0.388 e. The average Bonchev–Trinajstić information content (AvgIpc) is 2.95. The smallest absolute Gasteiger partial charge is 0.0787 e. The summed E-state index contributed by atoms with van der Waals surface area (Å²) in [7, 11) is 0. The van der Waals surface area contributed by atoms with E-state index in [0.717, 1.165) is 36.7 Å². The van der Waals surface area contributed by atoms with Gasteiger partial charge in [-0.2, -0.15) is 0 Å². The molecule has 1 nitrogen and oxygen atoms in total. The number of aliphatic hydroxyl groups is 1. The first-order valence-electron chi connectivity index (χ1n) is 9.31. The highest BCUT2D eigenvalue weighted by atomic mass is 16.3. The second-order valence-electron chi connectivity index (χ2n) is 8.05. The van der Waals surface area contributed by atoms with Gasteiger partial charge in [0, 0.05) is 0 Å². The molecule has 0 aromatic rings. The van der Waals surface area contributed by atoms with Gasteiger partial charge in [0.2, 0.25) is 0 Å². The molecule has 22 heavy (non-hydrogen) atoms. The summed E-state index contributed by atoms with van der Waals surface area (Å²) in [4.78, 5) is 0. The SMILES string of the molecule is C=C1/C(=C\C=C2/CCCC3(C(C)C)CCCC23)CCCC1O. The van der Waals surface area contributed by atoms with Gasteiger partial charge >= 0.3 is 0 Å². The van der Waals surface area contributed by atoms with Crippen LogP contribution in [0, 0.1) is 17.3 Å². The van der Waals surface area contributed by atoms with Gasteiger partial charge in [0.05, 0.1) is 6.10 Å². The van der Waals surface area contributed by atoms with E-state index in [-0.39, 0.29) is 6.10 Å². The van der Waals surface area contributed by atoms with Gasteiger partial charge in [-0.25, -0.2) is 0 Å². The zero-order valence-electron chi connectivity index (χ0n) is 14.4. The van der Waals surface area contributed by atoms with Gasteiger partial charge in [-0.3, -0.25) is 0 Å². The summed E-state index contributed by atoms with van der Waals surface area (Å²) in [6, 6.07) is 0. The highest BCUT2D eigenvalue weighted by molar-refractivity contribution is 5.37. The van der Waals surface area contributed by atoms with E-state index in [9.17, 15) is 5.11 Å². The maximum absolute atomic E-state index is 9.99. The van der Waals surface area contributed by atoms with Crippen molar-refractivity contribution in [3.05, 3.63) is 35.5 Å². The molecular weight excluding hydrogens is 268 g/mol. The molecule has 0 spiro atoms. The third-order valence-corrected chi connectivity index (χ3v) is 6.77. The molecule has 0 aliphatic heterocycles. The summed E-state index contributed by atoms with van der Waals surface area (Å²) in [5.74, 6) is 1.60. The molecule has 3 aliphatic rings. The predicted octanol–water partition coefficient (Wildman–Crippen LogP) is 5.57. The molecule has 0 aromatic heterocycles. The van der Waals surface area contributed by atoms with Gasteiger partial charge in [0.1, 0.15) is 0 Å². The Morgan fingerprint density at radius 2 is 1.86 bits per heavy atom. The Hall–Kier alpha value is -0.820. The topological polar surface area (TPSA) is 20.2 Å². The predicted molar refractivity (Wildman–Crippen MR) is 93.6 cm³/mol. The molecule has 3 unspecified atom stereocenters. The minimum Gasteiger partial charge on any atom is -0.388 e. The summed E-state index contributed by atoms with van der Waals surface area (Å²) < 4.78 is 0. The molecule has 3 atom stereocenters. The summed E-state index contributed by atoms with van der Waals surface area (Å²) in [5.41, 5.74) is 4.49. The van der Waals surface area contributed by atoms with Crippen LogP contribution in [0.2, 0.25) is 0 Å². The molecule has 3 rings (SSSR count). The van der Waals surface area contributed by atoms with E-state index < -0.39 is 0 Å². The van der Waals surface area contributed by atoms with Crippen LogP contribution in [0.25, 0.3) is 0 Å². The third-order valence-electron chi connectivity index (χ3n) is 6.77. The fourth-order valence-corrected chi connectivity index (χ4v) is 5.36. The van der Waals surface area contributed by atoms with Gasteiger partial charge in [-0.15, -0.1) is 0 Å². The fraction of sp³-hybridized carbons (Fsp3) is 0.714. The van der Waals surface area contributed by atoms with E-state index in [1.54, 1.807) is 5.57 Å². The molecule has 1 heteroatoms. The van der Waals surface area contributed by atoms with E-state index in [1.165, 1.54) is 44.1 Å². The number of rotatable bonds is 2. The highest BCUT2D eigenvalue weighted by Gasteiger charge is 2.47. The van der Waals surface area contributed by atoms with Crippen LogP contribution in [0.15, 0.2) is 35.5 Å². The van der Waals surface area contributed by atoms with Crippen molar-refractivity contribution in [3.8, 4) is 0 Å². The molecule has 3 saturated carbocycles. The molecule has 0 amide bonds. The van der Waals surface area contributed by atoms with Crippen molar-refractivity contribution in [1.29, 1.82) is 0 Å². The third kappa shape index (κ3) is 2.73. The Labute approximate surface area is 136 Å². The van der Waals surface area contributed by atoms with Crippen LogP contribution < -0.4 is 0 Å². The van der Waals surface area contributed by atoms with Gasteiger partial charge < -0.3 is 5.11 Å². The molecule has 122 valence electrons. The van der Waals surface area contributed by atoms with Gasteiger partial charge in [0.15, 0.2) is 0 Å². The lowest BCUT2D eigenvalue weighted by Gasteiger charge is -2.44. The van der Waals surface area contributed by atoms with Crippen LogP contribution in [0.1, 0.15) is 71.6 Å². The van der Waals surface area contributed by atoms with Crippen LogP contribution in [-0.4, -0.2) is 11.2 Å². The van der Waals surface area contributed by atoms with Crippen LogP contribution in [0.3, 0.4) is 0 Å². The fourth-order valence-electron chi connectivity index (χ4n) is 5.36. The minimum atomic E-state index is -0.314. The Morgan fingerprint density at radius 1 is 1.09 bits per heavy atom. The van der Waals surface area contributed by atoms with E-state index in [0.29, 0.717) is 5.41 Å². The van der Waals surface area contributed by atoms with Crippen LogP contribution in [0.4, 0.5) is 0 Å². The first kappa shape index (κ1) is 16.1. The van der Waals surface area contributed by atoms with Crippen LogP contribution >= 0.6 is 0 Å². The summed E-state index contributed by atoms with van der Waals surface area (Å²) in [6.07, 6.45) is 15.7. The van der Waals surface area contributed by atoms with Crippen LogP contribution in [-0.2, 0) is 0 Å². The van der Waals surface area contributed by atoms with E-state index in [1.807, 2.05) is 0 Å². The first-order chi connectivity index (χ1) is 10.5. The van der Waals surface area contributed by atoms with Gasteiger partial charge in [0.25, 0.3) is 0 Å². The molecular formula is C21H32O. The molecule has 1 N–H and O–H groups in total. The molecule has 0 heterocycles. The molecule has 3 fully saturated rings. The Morgan fingerprint density at radius 3 is 2.64 bits per heavy atom. The number of allylic oxidation sites excluding steroid dienone is 3. The second-order valence-corrected chi connectivity index (χ2v) is 8.05. The Kier molecular flexibility index (Phi) is 4.64. The van der Waals surface area contributed by atoms with E-state index in [2.05, 4.69) is 32.6 Å². The monoisotopic (exact) mass is 300 g/mol. The lowest BCUT2D eigenvalue weighted by molar-refractivity contribution is 0.104. The molecule has 3 aliphatic carbocycles. The van der Waals surface area contributed by atoms with Crippen molar-refractivity contribution in [2.45, 2.75) is 77.7 Å². The summed E-state index contributed by atoms with van der Waals surface area (Å²) in [5, 5.41) is 9.99. The zero-order valence-corrected chi connectivity index (χ0v) is 14.4. The lowest BCUT2D eigenvalue weighted by Crippen LogP contribution is -2.35. The number of fused-ring (bicyclic) bond motifs is 1. The molecule has 0 saturated heterocycles. The average molecular weight is 300 g/mol. The zero-order chi connectivity index (χ0) is 15.7. The van der Waals surface area contributed by atoms with Crippen molar-refractivity contribution in [2.24, 2.45) is 17.3 Å². The Bertz CT molecular complexity index is 496. The van der Waals surface area contributed by atoms with Crippen molar-refractivity contribution >= 4 is 0 Å². The highest BCUT2D eigenvalue weighted by Crippen LogP contribution is 2.58. The second kappa shape index (κ2) is 6.35.